The van der Waals surface area contributed by atoms with Gasteiger partial charge in [0.1, 0.15) is 11.8 Å². The maximum Gasteiger partial charge on any atom is 0.254 e. The number of ether oxygens (including phenoxy) is 1. The van der Waals surface area contributed by atoms with Crippen molar-refractivity contribution < 1.29 is 14.3 Å². The molecule has 1 N–H and O–H groups in total. The monoisotopic (exact) mass is 406 g/mol. The molecule has 1 heterocycles. The van der Waals surface area contributed by atoms with Gasteiger partial charge in [0.2, 0.25) is 5.91 Å². The lowest BCUT2D eigenvalue weighted by molar-refractivity contribution is -0.125. The third-order valence-corrected chi connectivity index (χ3v) is 6.53. The van der Waals surface area contributed by atoms with Crippen LogP contribution in [0, 0.1) is 5.92 Å². The number of amides is 2. The van der Waals surface area contributed by atoms with Crippen molar-refractivity contribution in [2.24, 2.45) is 5.92 Å². The van der Waals surface area contributed by atoms with Crippen LogP contribution in [0.3, 0.4) is 0 Å². The molecule has 5 heteroatoms. The number of likely N-dealkylation sites (tertiary alicyclic amines) is 1. The van der Waals surface area contributed by atoms with E-state index in [9.17, 15) is 9.59 Å². The molecule has 3 unspecified atom stereocenters. The van der Waals surface area contributed by atoms with Gasteiger partial charge in [0.15, 0.2) is 0 Å². The molecule has 3 atom stereocenters. The van der Waals surface area contributed by atoms with Gasteiger partial charge in [-0.05, 0) is 55.4 Å². The predicted molar refractivity (Wildman–Crippen MR) is 116 cm³/mol. The highest BCUT2D eigenvalue weighted by Crippen LogP contribution is 2.40. The van der Waals surface area contributed by atoms with E-state index in [1.165, 1.54) is 6.42 Å². The van der Waals surface area contributed by atoms with Crippen molar-refractivity contribution in [3.05, 3.63) is 65.7 Å². The minimum absolute atomic E-state index is 0.0186. The summed E-state index contributed by atoms with van der Waals surface area (Å²) in [6.07, 6.45) is 5.88. The maximum absolute atomic E-state index is 13.3. The molecule has 1 saturated heterocycles. The zero-order valence-electron chi connectivity index (χ0n) is 17.5. The Bertz CT molecular complexity index is 883. The Labute approximate surface area is 178 Å². The number of fused-ring (bicyclic) bond motifs is 1. The number of benzene rings is 2. The van der Waals surface area contributed by atoms with Crippen molar-refractivity contribution in [2.75, 3.05) is 13.7 Å². The fourth-order valence-corrected chi connectivity index (χ4v) is 5.06. The lowest BCUT2D eigenvalue weighted by atomic mass is 9.84. The van der Waals surface area contributed by atoms with Crippen LogP contribution in [0.2, 0.25) is 0 Å². The normalized spacial score (nSPS) is 23.0. The molecule has 1 aliphatic heterocycles. The van der Waals surface area contributed by atoms with Gasteiger partial charge in [-0.3, -0.25) is 9.59 Å². The number of para-hydroxylation sites is 1. The second-order valence-electron chi connectivity index (χ2n) is 8.29. The van der Waals surface area contributed by atoms with E-state index in [-0.39, 0.29) is 23.9 Å². The Morgan fingerprint density at radius 2 is 1.77 bits per heavy atom. The zero-order chi connectivity index (χ0) is 20.9. The van der Waals surface area contributed by atoms with Crippen LogP contribution in [0.25, 0.3) is 0 Å². The summed E-state index contributed by atoms with van der Waals surface area (Å²) in [6, 6.07) is 17.0. The molecule has 1 saturated carbocycles. The quantitative estimate of drug-likeness (QED) is 0.793. The van der Waals surface area contributed by atoms with Crippen molar-refractivity contribution in [3.63, 3.8) is 0 Å². The topological polar surface area (TPSA) is 58.6 Å². The van der Waals surface area contributed by atoms with Crippen molar-refractivity contribution in [1.82, 2.24) is 10.2 Å². The van der Waals surface area contributed by atoms with Crippen LogP contribution in [-0.2, 0) is 11.2 Å². The molecule has 2 aromatic carbocycles. The standard InChI is InChI=1S/C25H30N2O3/c1-30-23-14-8-6-9-18(23)15-16-26-24(28)22-17-20-12-5-7-13-21(20)27(22)25(29)19-10-3-2-4-11-19/h2-4,6,8-11,14,20-22H,5,7,12-13,15-17H2,1H3,(H,26,28). The smallest absolute Gasteiger partial charge is 0.254 e. The summed E-state index contributed by atoms with van der Waals surface area (Å²) in [5.41, 5.74) is 1.73. The van der Waals surface area contributed by atoms with Gasteiger partial charge in [0.05, 0.1) is 7.11 Å². The van der Waals surface area contributed by atoms with Gasteiger partial charge in [0, 0.05) is 18.2 Å². The molecule has 2 fully saturated rings. The number of methoxy groups -OCH3 is 1. The first-order chi connectivity index (χ1) is 14.7. The first kappa shape index (κ1) is 20.5. The molecule has 4 rings (SSSR count). The number of carbonyl (C=O) groups is 2. The fourth-order valence-electron chi connectivity index (χ4n) is 5.06. The van der Waals surface area contributed by atoms with Crippen LogP contribution in [0.5, 0.6) is 5.75 Å². The van der Waals surface area contributed by atoms with Gasteiger partial charge in [-0.25, -0.2) is 0 Å². The largest absolute Gasteiger partial charge is 0.496 e. The third kappa shape index (κ3) is 4.20. The molecule has 2 aromatic rings. The Hall–Kier alpha value is -2.82. The second kappa shape index (κ2) is 9.33. The van der Waals surface area contributed by atoms with E-state index >= 15 is 0 Å². The summed E-state index contributed by atoms with van der Waals surface area (Å²) >= 11 is 0. The number of rotatable bonds is 6. The Balaban J connectivity index is 1.46. The summed E-state index contributed by atoms with van der Waals surface area (Å²) in [4.78, 5) is 28.4. The third-order valence-electron chi connectivity index (χ3n) is 6.53. The number of nitrogens with zero attached hydrogens (tertiary/aromatic N) is 1. The van der Waals surface area contributed by atoms with E-state index in [0.717, 1.165) is 37.0 Å². The van der Waals surface area contributed by atoms with Crippen LogP contribution < -0.4 is 10.1 Å². The Morgan fingerprint density at radius 1 is 1.03 bits per heavy atom. The highest BCUT2D eigenvalue weighted by atomic mass is 16.5. The van der Waals surface area contributed by atoms with Crippen molar-refractivity contribution in [3.8, 4) is 5.75 Å². The minimum atomic E-state index is -0.386. The highest BCUT2D eigenvalue weighted by Gasteiger charge is 2.47. The van der Waals surface area contributed by atoms with Gasteiger partial charge in [0.25, 0.3) is 5.91 Å². The lowest BCUT2D eigenvalue weighted by Crippen LogP contribution is -2.49. The maximum atomic E-state index is 13.3. The Kier molecular flexibility index (Phi) is 6.36. The number of carbonyl (C=O) groups excluding carboxylic acids is 2. The molecule has 1 aliphatic carbocycles. The van der Waals surface area contributed by atoms with Gasteiger partial charge in [-0.2, -0.15) is 0 Å². The SMILES string of the molecule is COc1ccccc1CCNC(=O)C1CC2CCCCC2N1C(=O)c1ccccc1. The first-order valence-corrected chi connectivity index (χ1v) is 11.0. The summed E-state index contributed by atoms with van der Waals surface area (Å²) in [5, 5.41) is 3.08. The number of hydrogen-bond donors (Lipinski definition) is 1. The molecule has 0 radical (unpaired) electrons. The molecule has 2 amide bonds. The van der Waals surface area contributed by atoms with Crippen LogP contribution in [-0.4, -0.2) is 42.5 Å². The molecule has 0 spiro atoms. The van der Waals surface area contributed by atoms with E-state index in [2.05, 4.69) is 5.32 Å². The molecular formula is C25H30N2O3. The molecule has 158 valence electrons. The minimum Gasteiger partial charge on any atom is -0.496 e. The molecule has 5 nitrogen and oxygen atoms in total. The van der Waals surface area contributed by atoms with Gasteiger partial charge >= 0.3 is 0 Å². The van der Waals surface area contributed by atoms with Gasteiger partial charge < -0.3 is 15.0 Å². The number of nitrogens with one attached hydrogen (secondary N) is 1. The molecule has 2 aliphatic rings. The fraction of sp³-hybridized carbons (Fsp3) is 0.440. The summed E-state index contributed by atoms with van der Waals surface area (Å²) in [6.45, 7) is 0.526. The summed E-state index contributed by atoms with van der Waals surface area (Å²) in [5.74, 6) is 1.20. The predicted octanol–water partition coefficient (Wildman–Crippen LogP) is 3.83. The van der Waals surface area contributed by atoms with Crippen LogP contribution in [0.1, 0.15) is 48.0 Å². The van der Waals surface area contributed by atoms with Gasteiger partial charge in [-0.1, -0.05) is 49.2 Å². The summed E-state index contributed by atoms with van der Waals surface area (Å²) < 4.78 is 5.40. The van der Waals surface area contributed by atoms with E-state index in [0.29, 0.717) is 24.4 Å². The van der Waals surface area contributed by atoms with Crippen molar-refractivity contribution in [1.29, 1.82) is 0 Å². The molecule has 0 aromatic heterocycles. The number of hydrogen-bond acceptors (Lipinski definition) is 3. The molecular weight excluding hydrogens is 376 g/mol. The zero-order valence-corrected chi connectivity index (χ0v) is 17.5. The lowest BCUT2D eigenvalue weighted by Gasteiger charge is -2.33. The Morgan fingerprint density at radius 3 is 2.57 bits per heavy atom. The highest BCUT2D eigenvalue weighted by molar-refractivity contribution is 5.98. The first-order valence-electron chi connectivity index (χ1n) is 11.0. The molecule has 30 heavy (non-hydrogen) atoms. The van der Waals surface area contributed by atoms with Gasteiger partial charge in [-0.15, -0.1) is 0 Å². The van der Waals surface area contributed by atoms with E-state index in [1.54, 1.807) is 7.11 Å². The van der Waals surface area contributed by atoms with E-state index in [1.807, 2.05) is 59.5 Å². The van der Waals surface area contributed by atoms with Crippen molar-refractivity contribution >= 4 is 11.8 Å². The average Bonchev–Trinajstić information content (AvgIpc) is 3.19. The van der Waals surface area contributed by atoms with E-state index < -0.39 is 0 Å². The second-order valence-corrected chi connectivity index (χ2v) is 8.29. The van der Waals surface area contributed by atoms with Crippen LogP contribution in [0.15, 0.2) is 54.6 Å². The molecule has 0 bridgehead atoms. The van der Waals surface area contributed by atoms with Crippen LogP contribution >= 0.6 is 0 Å². The van der Waals surface area contributed by atoms with Crippen LogP contribution in [0.4, 0.5) is 0 Å². The summed E-state index contributed by atoms with van der Waals surface area (Å²) in [7, 11) is 1.66. The average molecular weight is 407 g/mol. The van der Waals surface area contributed by atoms with Crippen molar-refractivity contribution in [2.45, 2.75) is 50.6 Å². The van der Waals surface area contributed by atoms with E-state index in [4.69, 9.17) is 4.74 Å².